The van der Waals surface area contributed by atoms with Gasteiger partial charge >= 0.3 is 0 Å². The Hall–Kier alpha value is -0.730. The summed E-state index contributed by atoms with van der Waals surface area (Å²) < 4.78 is 0. The predicted octanol–water partition coefficient (Wildman–Crippen LogP) is 2.61. The molecule has 0 bridgehead atoms. The zero-order chi connectivity index (χ0) is 12.0. The molecule has 16 heavy (non-hydrogen) atoms. The first kappa shape index (κ1) is 13.3. The average molecular weight is 225 g/mol. The van der Waals surface area contributed by atoms with E-state index >= 15 is 0 Å². The normalized spacial score (nSPS) is 19.3. The van der Waals surface area contributed by atoms with Crippen LogP contribution in [0, 0.1) is 5.41 Å². The molecule has 1 aliphatic rings. The maximum absolute atomic E-state index is 6.00. The highest BCUT2D eigenvalue weighted by atomic mass is 15.2. The second-order valence-electron chi connectivity index (χ2n) is 4.95. The fourth-order valence-corrected chi connectivity index (χ4v) is 2.59. The van der Waals surface area contributed by atoms with Crippen molar-refractivity contribution in [3.8, 4) is 0 Å². The minimum Gasteiger partial charge on any atom is -0.370 e. The molecule has 0 atom stereocenters. The summed E-state index contributed by atoms with van der Waals surface area (Å²) in [5.74, 6) is 0.729. The highest BCUT2D eigenvalue weighted by molar-refractivity contribution is 5.78. The Kier molecular flexibility index (Phi) is 5.10. The Morgan fingerprint density at radius 3 is 2.25 bits per heavy atom. The van der Waals surface area contributed by atoms with Gasteiger partial charge in [0.15, 0.2) is 5.96 Å². The molecule has 0 aromatic heterocycles. The zero-order valence-corrected chi connectivity index (χ0v) is 11.1. The van der Waals surface area contributed by atoms with E-state index in [9.17, 15) is 0 Å². The molecule has 1 saturated carbocycles. The number of nitrogens with zero attached hydrogens (tertiary/aromatic N) is 2. The largest absolute Gasteiger partial charge is 0.370 e. The van der Waals surface area contributed by atoms with Crippen molar-refractivity contribution in [3.63, 3.8) is 0 Å². The number of hydrogen-bond donors (Lipinski definition) is 1. The van der Waals surface area contributed by atoms with Crippen molar-refractivity contribution in [1.82, 2.24) is 4.90 Å². The quantitative estimate of drug-likeness (QED) is 0.557. The highest BCUT2D eigenvalue weighted by Gasteiger charge is 2.35. The Morgan fingerprint density at radius 2 is 1.88 bits per heavy atom. The van der Waals surface area contributed by atoms with Crippen molar-refractivity contribution in [2.24, 2.45) is 16.1 Å². The van der Waals surface area contributed by atoms with Crippen molar-refractivity contribution in [1.29, 1.82) is 0 Å². The van der Waals surface area contributed by atoms with Gasteiger partial charge in [0.25, 0.3) is 0 Å². The first-order valence-corrected chi connectivity index (χ1v) is 6.72. The summed E-state index contributed by atoms with van der Waals surface area (Å²) in [5, 5.41) is 0. The molecule has 3 nitrogen and oxygen atoms in total. The van der Waals surface area contributed by atoms with Crippen molar-refractivity contribution in [2.45, 2.75) is 52.9 Å². The SMILES string of the molecule is CCCC1(CN=C(N)N(CC)CC)CCC1. The van der Waals surface area contributed by atoms with E-state index in [-0.39, 0.29) is 0 Å². The molecule has 0 saturated heterocycles. The van der Waals surface area contributed by atoms with E-state index in [4.69, 9.17) is 5.73 Å². The molecule has 3 heteroatoms. The smallest absolute Gasteiger partial charge is 0.191 e. The lowest BCUT2D eigenvalue weighted by Gasteiger charge is -2.41. The van der Waals surface area contributed by atoms with Gasteiger partial charge in [-0.15, -0.1) is 0 Å². The lowest BCUT2D eigenvalue weighted by molar-refractivity contribution is 0.129. The number of hydrogen-bond acceptors (Lipinski definition) is 1. The zero-order valence-electron chi connectivity index (χ0n) is 11.1. The molecule has 94 valence electrons. The van der Waals surface area contributed by atoms with Gasteiger partial charge in [-0.1, -0.05) is 19.8 Å². The third-order valence-electron chi connectivity index (χ3n) is 3.86. The van der Waals surface area contributed by atoms with E-state index in [0.29, 0.717) is 5.41 Å². The molecule has 0 aliphatic heterocycles. The van der Waals surface area contributed by atoms with Gasteiger partial charge in [0.05, 0.1) is 0 Å². The van der Waals surface area contributed by atoms with E-state index in [1.165, 1.54) is 32.1 Å². The lowest BCUT2D eigenvalue weighted by Crippen LogP contribution is -2.39. The van der Waals surface area contributed by atoms with Gasteiger partial charge in [0.2, 0.25) is 0 Å². The van der Waals surface area contributed by atoms with Gasteiger partial charge < -0.3 is 10.6 Å². The molecule has 1 rings (SSSR count). The Bertz CT molecular complexity index is 227. The second kappa shape index (κ2) is 6.12. The van der Waals surface area contributed by atoms with Gasteiger partial charge in [-0.25, -0.2) is 0 Å². The minimum atomic E-state index is 0.493. The standard InChI is InChI=1S/C13H27N3/c1-4-8-13(9-7-10-13)11-15-12(14)16(5-2)6-3/h4-11H2,1-3H3,(H2,14,15). The van der Waals surface area contributed by atoms with Gasteiger partial charge in [0.1, 0.15) is 0 Å². The average Bonchev–Trinajstić information content (AvgIpc) is 2.23. The number of aliphatic imine (C=N–C) groups is 1. The highest BCUT2D eigenvalue weighted by Crippen LogP contribution is 2.44. The molecule has 1 aliphatic carbocycles. The van der Waals surface area contributed by atoms with Crippen LogP contribution in [-0.2, 0) is 0 Å². The fourth-order valence-electron chi connectivity index (χ4n) is 2.59. The minimum absolute atomic E-state index is 0.493. The summed E-state index contributed by atoms with van der Waals surface area (Å²) in [4.78, 5) is 6.72. The number of rotatable bonds is 6. The fraction of sp³-hybridized carbons (Fsp3) is 0.923. The molecular weight excluding hydrogens is 198 g/mol. The van der Waals surface area contributed by atoms with Crippen LogP contribution in [0.2, 0.25) is 0 Å². The summed E-state index contributed by atoms with van der Waals surface area (Å²) in [6.07, 6.45) is 6.63. The van der Waals surface area contributed by atoms with Crippen molar-refractivity contribution < 1.29 is 0 Å². The van der Waals surface area contributed by atoms with E-state index in [0.717, 1.165) is 25.6 Å². The van der Waals surface area contributed by atoms with Crippen LogP contribution in [0.15, 0.2) is 4.99 Å². The molecule has 1 fully saturated rings. The van der Waals surface area contributed by atoms with Crippen molar-refractivity contribution in [3.05, 3.63) is 0 Å². The van der Waals surface area contributed by atoms with Crippen LogP contribution in [0.25, 0.3) is 0 Å². The molecule has 0 aromatic rings. The van der Waals surface area contributed by atoms with E-state index < -0.39 is 0 Å². The number of guanidine groups is 1. The molecule has 0 aromatic carbocycles. The van der Waals surface area contributed by atoms with Crippen LogP contribution in [0.3, 0.4) is 0 Å². The monoisotopic (exact) mass is 225 g/mol. The summed E-state index contributed by atoms with van der Waals surface area (Å²) in [6, 6.07) is 0. The summed E-state index contributed by atoms with van der Waals surface area (Å²) in [7, 11) is 0. The molecule has 2 N–H and O–H groups in total. The summed E-state index contributed by atoms with van der Waals surface area (Å²) in [5.41, 5.74) is 6.49. The maximum Gasteiger partial charge on any atom is 0.191 e. The van der Waals surface area contributed by atoms with Gasteiger partial charge in [-0.2, -0.15) is 0 Å². The maximum atomic E-state index is 6.00. The predicted molar refractivity (Wildman–Crippen MR) is 70.6 cm³/mol. The van der Waals surface area contributed by atoms with Gasteiger partial charge in [-0.3, -0.25) is 4.99 Å². The molecule has 0 unspecified atom stereocenters. The Balaban J connectivity index is 2.49. The summed E-state index contributed by atoms with van der Waals surface area (Å²) >= 11 is 0. The lowest BCUT2D eigenvalue weighted by atomic mass is 9.66. The van der Waals surface area contributed by atoms with Crippen LogP contribution < -0.4 is 5.73 Å². The first-order valence-electron chi connectivity index (χ1n) is 6.72. The molecule has 0 amide bonds. The van der Waals surface area contributed by atoms with Crippen LogP contribution >= 0.6 is 0 Å². The van der Waals surface area contributed by atoms with Crippen LogP contribution in [-0.4, -0.2) is 30.5 Å². The third kappa shape index (κ3) is 3.13. The van der Waals surface area contributed by atoms with E-state index in [2.05, 4.69) is 30.7 Å². The Labute approximate surface area is 100 Å². The molecule has 0 heterocycles. The van der Waals surface area contributed by atoms with Crippen LogP contribution in [0.4, 0.5) is 0 Å². The third-order valence-corrected chi connectivity index (χ3v) is 3.86. The van der Waals surface area contributed by atoms with Crippen molar-refractivity contribution >= 4 is 5.96 Å². The summed E-state index contributed by atoms with van der Waals surface area (Å²) in [6.45, 7) is 9.34. The Morgan fingerprint density at radius 1 is 1.25 bits per heavy atom. The number of nitrogens with two attached hydrogens (primary N) is 1. The van der Waals surface area contributed by atoms with E-state index in [1.807, 2.05) is 0 Å². The van der Waals surface area contributed by atoms with Gasteiger partial charge in [-0.05, 0) is 38.5 Å². The van der Waals surface area contributed by atoms with Crippen LogP contribution in [0.5, 0.6) is 0 Å². The van der Waals surface area contributed by atoms with Crippen LogP contribution in [0.1, 0.15) is 52.9 Å². The first-order chi connectivity index (χ1) is 7.67. The van der Waals surface area contributed by atoms with Crippen molar-refractivity contribution in [2.75, 3.05) is 19.6 Å². The second-order valence-corrected chi connectivity index (χ2v) is 4.95. The van der Waals surface area contributed by atoms with E-state index in [1.54, 1.807) is 0 Å². The molecular formula is C13H27N3. The van der Waals surface area contributed by atoms with Gasteiger partial charge in [0, 0.05) is 19.6 Å². The molecule has 0 spiro atoms. The topological polar surface area (TPSA) is 41.6 Å². The molecule has 0 radical (unpaired) electrons.